The fraction of sp³-hybridized carbons (Fsp3) is 0.133. The van der Waals surface area contributed by atoms with Crippen LogP contribution in [-0.4, -0.2) is 12.5 Å². The highest BCUT2D eigenvalue weighted by Crippen LogP contribution is 2.26. The Labute approximate surface area is 106 Å². The normalized spacial score (nSPS) is 18.2. The van der Waals surface area contributed by atoms with Gasteiger partial charge in [-0.3, -0.25) is 0 Å². The molecule has 0 unspecified atom stereocenters. The van der Waals surface area contributed by atoms with Gasteiger partial charge < -0.3 is 10.5 Å². The fourth-order valence-corrected chi connectivity index (χ4v) is 2.06. The van der Waals surface area contributed by atoms with Crippen LogP contribution in [0.15, 0.2) is 59.6 Å². The van der Waals surface area contributed by atoms with Crippen LogP contribution in [0.3, 0.4) is 0 Å². The number of rotatable bonds is 2. The van der Waals surface area contributed by atoms with Crippen LogP contribution in [0.2, 0.25) is 0 Å². The summed E-state index contributed by atoms with van der Waals surface area (Å²) in [5.41, 5.74) is 8.66. The minimum atomic E-state index is 0.0702. The molecule has 3 heteroatoms. The molecule has 2 aromatic carbocycles. The average molecular weight is 238 g/mol. The molecular formula is C15H14N2O. The van der Waals surface area contributed by atoms with Crippen molar-refractivity contribution >= 4 is 11.6 Å². The van der Waals surface area contributed by atoms with E-state index in [-0.39, 0.29) is 6.04 Å². The van der Waals surface area contributed by atoms with Gasteiger partial charge in [0.25, 0.3) is 0 Å². The monoisotopic (exact) mass is 238 g/mol. The number of hydrogen-bond donors (Lipinski definition) is 1. The first-order chi connectivity index (χ1) is 8.84. The van der Waals surface area contributed by atoms with E-state index in [1.165, 1.54) is 5.56 Å². The molecule has 2 N–H and O–H groups in total. The summed E-state index contributed by atoms with van der Waals surface area (Å²) in [4.78, 5) is 4.60. The number of anilines is 1. The number of hydrogen-bond acceptors (Lipinski definition) is 3. The molecule has 1 aliphatic rings. The van der Waals surface area contributed by atoms with E-state index in [2.05, 4.69) is 17.1 Å². The van der Waals surface area contributed by atoms with Crippen molar-refractivity contribution in [1.82, 2.24) is 0 Å². The Hall–Kier alpha value is -2.29. The molecule has 0 aromatic heterocycles. The van der Waals surface area contributed by atoms with Gasteiger partial charge in [-0.15, -0.1) is 0 Å². The lowest BCUT2D eigenvalue weighted by Gasteiger charge is -2.04. The van der Waals surface area contributed by atoms with Gasteiger partial charge >= 0.3 is 0 Å². The Kier molecular flexibility index (Phi) is 2.73. The van der Waals surface area contributed by atoms with Crippen LogP contribution >= 0.6 is 0 Å². The second kappa shape index (κ2) is 4.53. The number of para-hydroxylation sites is 1. The molecule has 90 valence electrons. The molecule has 18 heavy (non-hydrogen) atoms. The van der Waals surface area contributed by atoms with Crippen molar-refractivity contribution in [2.75, 3.05) is 12.3 Å². The molecule has 1 atom stereocenters. The molecule has 1 heterocycles. The minimum absolute atomic E-state index is 0.0702. The fourth-order valence-electron chi connectivity index (χ4n) is 2.06. The number of aliphatic imine (C=N–C) groups is 1. The predicted molar refractivity (Wildman–Crippen MR) is 72.5 cm³/mol. The number of nitrogens with two attached hydrogens (primary N) is 1. The van der Waals surface area contributed by atoms with Crippen LogP contribution < -0.4 is 5.73 Å². The van der Waals surface area contributed by atoms with Crippen LogP contribution in [0, 0.1) is 0 Å². The predicted octanol–water partition coefficient (Wildman–Crippen LogP) is 2.79. The van der Waals surface area contributed by atoms with Gasteiger partial charge in [0.1, 0.15) is 12.6 Å². The Morgan fingerprint density at radius 1 is 1.00 bits per heavy atom. The zero-order valence-corrected chi connectivity index (χ0v) is 9.91. The number of ether oxygens (including phenoxy) is 1. The van der Waals surface area contributed by atoms with E-state index in [0.717, 1.165) is 5.56 Å². The Bertz CT molecular complexity index is 578. The third-order valence-electron chi connectivity index (χ3n) is 3.03. The summed E-state index contributed by atoms with van der Waals surface area (Å²) in [5, 5.41) is 0. The van der Waals surface area contributed by atoms with E-state index >= 15 is 0 Å². The zero-order chi connectivity index (χ0) is 12.4. The van der Waals surface area contributed by atoms with Crippen LogP contribution in [0.4, 0.5) is 5.69 Å². The van der Waals surface area contributed by atoms with E-state index in [9.17, 15) is 0 Å². The summed E-state index contributed by atoms with van der Waals surface area (Å²) in [6.45, 7) is 0.577. The number of nitrogen functional groups attached to an aromatic ring is 1. The molecule has 0 spiro atoms. The molecule has 0 aliphatic carbocycles. The molecule has 0 amide bonds. The largest absolute Gasteiger partial charge is 0.475 e. The number of benzene rings is 2. The van der Waals surface area contributed by atoms with E-state index in [1.807, 2.05) is 42.5 Å². The van der Waals surface area contributed by atoms with E-state index in [0.29, 0.717) is 18.2 Å². The Balaban J connectivity index is 1.91. The summed E-state index contributed by atoms with van der Waals surface area (Å²) < 4.78 is 5.66. The average Bonchev–Trinajstić information content (AvgIpc) is 2.90. The van der Waals surface area contributed by atoms with E-state index < -0.39 is 0 Å². The van der Waals surface area contributed by atoms with Gasteiger partial charge in [-0.05, 0) is 17.7 Å². The highest BCUT2D eigenvalue weighted by atomic mass is 16.5. The molecule has 3 rings (SSSR count). The third kappa shape index (κ3) is 1.95. The lowest BCUT2D eigenvalue weighted by atomic mass is 10.1. The lowest BCUT2D eigenvalue weighted by Crippen LogP contribution is -2.04. The van der Waals surface area contributed by atoms with Gasteiger partial charge in [0, 0.05) is 5.69 Å². The van der Waals surface area contributed by atoms with Crippen molar-refractivity contribution in [1.29, 1.82) is 0 Å². The highest BCUT2D eigenvalue weighted by Gasteiger charge is 2.22. The molecule has 0 saturated heterocycles. The van der Waals surface area contributed by atoms with E-state index in [4.69, 9.17) is 10.5 Å². The summed E-state index contributed by atoms with van der Waals surface area (Å²) in [5.74, 6) is 0.641. The summed E-state index contributed by atoms with van der Waals surface area (Å²) in [6, 6.07) is 17.9. The summed E-state index contributed by atoms with van der Waals surface area (Å²) in [6.07, 6.45) is 0. The molecule has 1 aliphatic heterocycles. The minimum Gasteiger partial charge on any atom is -0.475 e. The van der Waals surface area contributed by atoms with Crippen molar-refractivity contribution in [3.05, 3.63) is 65.7 Å². The van der Waals surface area contributed by atoms with Crippen molar-refractivity contribution in [2.24, 2.45) is 4.99 Å². The SMILES string of the molecule is Nc1ccccc1C1=N[C@H](c2ccccc2)CO1. The quantitative estimate of drug-likeness (QED) is 0.818. The molecular weight excluding hydrogens is 224 g/mol. The standard InChI is InChI=1S/C15H14N2O/c16-13-9-5-4-8-12(13)15-17-14(10-18-15)11-6-2-1-3-7-11/h1-9,14H,10,16H2/t14-/m0/s1. The molecule has 0 saturated carbocycles. The van der Waals surface area contributed by atoms with Crippen LogP contribution in [0.1, 0.15) is 17.2 Å². The van der Waals surface area contributed by atoms with E-state index in [1.54, 1.807) is 0 Å². The van der Waals surface area contributed by atoms with Gasteiger partial charge in [-0.2, -0.15) is 0 Å². The lowest BCUT2D eigenvalue weighted by molar-refractivity contribution is 0.320. The molecule has 0 radical (unpaired) electrons. The van der Waals surface area contributed by atoms with Crippen LogP contribution in [0.5, 0.6) is 0 Å². The van der Waals surface area contributed by atoms with Crippen LogP contribution in [-0.2, 0) is 4.74 Å². The first kappa shape index (κ1) is 10.8. The maximum absolute atomic E-state index is 5.92. The van der Waals surface area contributed by atoms with Gasteiger partial charge in [0.05, 0.1) is 5.56 Å². The van der Waals surface area contributed by atoms with Crippen molar-refractivity contribution in [2.45, 2.75) is 6.04 Å². The van der Waals surface area contributed by atoms with Gasteiger partial charge in [0.2, 0.25) is 5.90 Å². The van der Waals surface area contributed by atoms with Gasteiger partial charge in [0.15, 0.2) is 0 Å². The first-order valence-electron chi connectivity index (χ1n) is 5.95. The number of nitrogens with zero attached hydrogens (tertiary/aromatic N) is 1. The molecule has 3 nitrogen and oxygen atoms in total. The Morgan fingerprint density at radius 2 is 1.72 bits per heavy atom. The second-order valence-corrected chi connectivity index (χ2v) is 4.26. The molecule has 0 fully saturated rings. The van der Waals surface area contributed by atoms with Gasteiger partial charge in [-0.1, -0.05) is 42.5 Å². The molecule has 2 aromatic rings. The first-order valence-corrected chi connectivity index (χ1v) is 5.95. The maximum Gasteiger partial charge on any atom is 0.219 e. The van der Waals surface area contributed by atoms with Gasteiger partial charge in [-0.25, -0.2) is 4.99 Å². The third-order valence-corrected chi connectivity index (χ3v) is 3.03. The topological polar surface area (TPSA) is 47.6 Å². The van der Waals surface area contributed by atoms with Crippen molar-refractivity contribution in [3.8, 4) is 0 Å². The highest BCUT2D eigenvalue weighted by molar-refractivity contribution is 5.99. The van der Waals surface area contributed by atoms with Crippen molar-refractivity contribution < 1.29 is 4.74 Å². The van der Waals surface area contributed by atoms with Crippen LogP contribution in [0.25, 0.3) is 0 Å². The zero-order valence-electron chi connectivity index (χ0n) is 9.91. The maximum atomic E-state index is 5.92. The summed E-state index contributed by atoms with van der Waals surface area (Å²) in [7, 11) is 0. The van der Waals surface area contributed by atoms with Crippen molar-refractivity contribution in [3.63, 3.8) is 0 Å². The molecule has 0 bridgehead atoms. The second-order valence-electron chi connectivity index (χ2n) is 4.26. The Morgan fingerprint density at radius 3 is 2.50 bits per heavy atom. The summed E-state index contributed by atoms with van der Waals surface area (Å²) >= 11 is 0. The smallest absolute Gasteiger partial charge is 0.219 e.